The molecule has 1 unspecified atom stereocenters. The predicted molar refractivity (Wildman–Crippen MR) is 81.6 cm³/mol. The summed E-state index contributed by atoms with van der Waals surface area (Å²) in [4.78, 5) is 24.1. The Balaban J connectivity index is 1.92. The number of carbonyl (C=O) groups is 1. The molecule has 0 bridgehead atoms. The number of aromatic nitrogens is 2. The predicted octanol–water partition coefficient (Wildman–Crippen LogP) is 2.37. The van der Waals surface area contributed by atoms with E-state index >= 15 is 0 Å². The monoisotopic (exact) mass is 310 g/mol. The lowest BCUT2D eigenvalue weighted by atomic mass is 10.2. The number of hydrogen-bond donors (Lipinski definition) is 1. The lowest BCUT2D eigenvalue weighted by Crippen LogP contribution is -2.35. The molecule has 1 saturated heterocycles. The molecule has 0 spiro atoms. The van der Waals surface area contributed by atoms with Gasteiger partial charge in [0.25, 0.3) is 0 Å². The summed E-state index contributed by atoms with van der Waals surface area (Å²) in [6, 6.07) is 2.27. The van der Waals surface area contributed by atoms with Gasteiger partial charge >= 0.3 is 0 Å². The fraction of sp³-hybridized carbons (Fsp3) is 0.462. The molecule has 0 aliphatic carbocycles. The van der Waals surface area contributed by atoms with Crippen LogP contribution in [-0.4, -0.2) is 35.0 Å². The summed E-state index contributed by atoms with van der Waals surface area (Å²) in [6.45, 7) is 5.22. The highest BCUT2D eigenvalue weighted by atomic mass is 35.5. The van der Waals surface area contributed by atoms with E-state index < -0.39 is 0 Å². The molecule has 2 aromatic heterocycles. The number of fused-ring (bicyclic) bond motifs is 1. The minimum Gasteiger partial charge on any atom is -0.354 e. The topological polar surface area (TPSA) is 58.1 Å². The largest absolute Gasteiger partial charge is 0.354 e. The first-order chi connectivity index (χ1) is 9.52. The van der Waals surface area contributed by atoms with Crippen LogP contribution in [0.1, 0.15) is 18.2 Å². The Bertz CT molecular complexity index is 672. The zero-order valence-corrected chi connectivity index (χ0v) is 12.9. The number of carbonyl (C=O) groups excluding carboxylic acids is 1. The first-order valence-electron chi connectivity index (χ1n) is 6.48. The highest BCUT2D eigenvalue weighted by molar-refractivity contribution is 7.18. The number of nitrogens with one attached hydrogen (secondary N) is 1. The van der Waals surface area contributed by atoms with Gasteiger partial charge in [-0.3, -0.25) is 4.79 Å². The zero-order chi connectivity index (χ0) is 14.3. The van der Waals surface area contributed by atoms with E-state index in [1.54, 1.807) is 18.3 Å². The Morgan fingerprint density at radius 2 is 2.35 bits per heavy atom. The molecule has 1 N–H and O–H groups in total. The molecule has 106 valence electrons. The van der Waals surface area contributed by atoms with Crippen LogP contribution in [0.4, 0.5) is 5.82 Å². The highest BCUT2D eigenvalue weighted by Gasteiger charge is 2.26. The van der Waals surface area contributed by atoms with Gasteiger partial charge in [0.1, 0.15) is 10.6 Å². The molecule has 2 aromatic rings. The van der Waals surface area contributed by atoms with Gasteiger partial charge in [0.15, 0.2) is 0 Å². The first kappa shape index (κ1) is 13.6. The van der Waals surface area contributed by atoms with E-state index in [0.717, 1.165) is 35.5 Å². The molecular weight excluding hydrogens is 296 g/mol. The van der Waals surface area contributed by atoms with Crippen LogP contribution >= 0.6 is 22.9 Å². The van der Waals surface area contributed by atoms with E-state index in [1.807, 2.05) is 6.92 Å². The normalized spacial score (nSPS) is 18.8. The van der Waals surface area contributed by atoms with Crippen molar-refractivity contribution in [2.75, 3.05) is 18.0 Å². The lowest BCUT2D eigenvalue weighted by molar-refractivity contribution is -0.119. The molecule has 1 aliphatic heterocycles. The van der Waals surface area contributed by atoms with E-state index in [1.165, 1.54) is 4.88 Å². The zero-order valence-electron chi connectivity index (χ0n) is 11.3. The fourth-order valence-corrected chi connectivity index (χ4v) is 3.69. The Kier molecular flexibility index (Phi) is 3.52. The molecule has 5 nitrogen and oxygen atoms in total. The lowest BCUT2D eigenvalue weighted by Gasteiger charge is -2.18. The van der Waals surface area contributed by atoms with Crippen LogP contribution < -0.4 is 10.2 Å². The standard InChI is InChI=1S/C13H15ClN4OS/c1-7-5-10-11(16-13(14)17-12(10)20-7)18-4-3-9(6-18)15-8(2)19/h5,9H,3-4,6H2,1-2H3,(H,15,19). The molecule has 1 atom stereocenters. The molecule has 0 saturated carbocycles. The van der Waals surface area contributed by atoms with Gasteiger partial charge in [0.2, 0.25) is 11.2 Å². The van der Waals surface area contributed by atoms with Crippen LogP contribution in [0.15, 0.2) is 6.07 Å². The quantitative estimate of drug-likeness (QED) is 0.865. The molecule has 0 aromatic carbocycles. The Hall–Kier alpha value is -1.40. The van der Waals surface area contributed by atoms with E-state index in [0.29, 0.717) is 0 Å². The van der Waals surface area contributed by atoms with Crippen molar-refractivity contribution in [3.8, 4) is 0 Å². The maximum atomic E-state index is 11.1. The summed E-state index contributed by atoms with van der Waals surface area (Å²) < 4.78 is 0. The molecule has 1 aliphatic rings. The second-order valence-corrected chi connectivity index (χ2v) is 6.60. The van der Waals surface area contributed by atoms with Crippen molar-refractivity contribution < 1.29 is 4.79 Å². The number of halogens is 1. The van der Waals surface area contributed by atoms with Gasteiger partial charge in [0, 0.05) is 30.9 Å². The van der Waals surface area contributed by atoms with Crippen LogP contribution in [0.2, 0.25) is 5.28 Å². The third-order valence-corrected chi connectivity index (χ3v) is 4.48. The Labute approximate surface area is 126 Å². The number of amides is 1. The number of anilines is 1. The van der Waals surface area contributed by atoms with Gasteiger partial charge < -0.3 is 10.2 Å². The van der Waals surface area contributed by atoms with E-state index in [2.05, 4.69) is 26.3 Å². The van der Waals surface area contributed by atoms with Crippen molar-refractivity contribution in [1.82, 2.24) is 15.3 Å². The van der Waals surface area contributed by atoms with Crippen molar-refractivity contribution >= 4 is 44.9 Å². The van der Waals surface area contributed by atoms with Gasteiger partial charge in [-0.15, -0.1) is 11.3 Å². The van der Waals surface area contributed by atoms with Gasteiger partial charge in [0.05, 0.1) is 5.39 Å². The molecule has 7 heteroatoms. The summed E-state index contributed by atoms with van der Waals surface area (Å²) >= 11 is 7.64. The van der Waals surface area contributed by atoms with Crippen molar-refractivity contribution in [2.45, 2.75) is 26.3 Å². The molecule has 1 amide bonds. The number of aryl methyl sites for hydroxylation is 1. The van der Waals surface area contributed by atoms with Crippen molar-refractivity contribution in [3.05, 3.63) is 16.2 Å². The van der Waals surface area contributed by atoms with Crippen LogP contribution in [0.3, 0.4) is 0 Å². The summed E-state index contributed by atoms with van der Waals surface area (Å²) in [5.41, 5.74) is 0. The second kappa shape index (κ2) is 5.18. The second-order valence-electron chi connectivity index (χ2n) is 5.02. The van der Waals surface area contributed by atoms with Crippen molar-refractivity contribution in [1.29, 1.82) is 0 Å². The fourth-order valence-electron chi connectivity index (χ4n) is 2.60. The number of nitrogens with zero attached hydrogens (tertiary/aromatic N) is 3. The molecule has 20 heavy (non-hydrogen) atoms. The van der Waals surface area contributed by atoms with Crippen molar-refractivity contribution in [2.24, 2.45) is 0 Å². The van der Waals surface area contributed by atoms with Crippen LogP contribution in [0.25, 0.3) is 10.2 Å². The summed E-state index contributed by atoms with van der Waals surface area (Å²) in [5.74, 6) is 0.881. The maximum Gasteiger partial charge on any atom is 0.225 e. The van der Waals surface area contributed by atoms with Gasteiger partial charge in [-0.05, 0) is 31.0 Å². The Morgan fingerprint density at radius 1 is 1.55 bits per heavy atom. The SMILES string of the molecule is CC(=O)NC1CCN(c2nc(Cl)nc3sc(C)cc23)C1. The molecular formula is C13H15ClN4OS. The molecule has 1 fully saturated rings. The number of rotatable bonds is 2. The average Bonchev–Trinajstić information content (AvgIpc) is 2.93. The number of thiophene rings is 1. The summed E-state index contributed by atoms with van der Waals surface area (Å²) in [7, 11) is 0. The summed E-state index contributed by atoms with van der Waals surface area (Å²) in [5, 5.41) is 4.27. The van der Waals surface area contributed by atoms with Crippen LogP contribution in [0, 0.1) is 6.92 Å². The Morgan fingerprint density at radius 3 is 3.10 bits per heavy atom. The average molecular weight is 311 g/mol. The van der Waals surface area contributed by atoms with Gasteiger partial charge in [-0.1, -0.05) is 0 Å². The smallest absolute Gasteiger partial charge is 0.225 e. The molecule has 3 heterocycles. The molecule has 0 radical (unpaired) electrons. The van der Waals surface area contributed by atoms with Gasteiger partial charge in [-0.25, -0.2) is 4.98 Å². The van der Waals surface area contributed by atoms with Gasteiger partial charge in [-0.2, -0.15) is 4.98 Å². The van der Waals surface area contributed by atoms with E-state index in [9.17, 15) is 4.79 Å². The maximum absolute atomic E-state index is 11.1. The highest BCUT2D eigenvalue weighted by Crippen LogP contribution is 2.33. The minimum atomic E-state index is 0.00842. The van der Waals surface area contributed by atoms with Crippen LogP contribution in [0.5, 0.6) is 0 Å². The first-order valence-corrected chi connectivity index (χ1v) is 7.68. The van der Waals surface area contributed by atoms with Crippen molar-refractivity contribution in [3.63, 3.8) is 0 Å². The summed E-state index contributed by atoms with van der Waals surface area (Å²) in [6.07, 6.45) is 0.922. The third kappa shape index (κ3) is 2.58. The van der Waals surface area contributed by atoms with Crippen LogP contribution in [-0.2, 0) is 4.79 Å². The minimum absolute atomic E-state index is 0.00842. The third-order valence-electron chi connectivity index (χ3n) is 3.36. The van der Waals surface area contributed by atoms with E-state index in [4.69, 9.17) is 11.6 Å². The number of hydrogen-bond acceptors (Lipinski definition) is 5. The molecule has 3 rings (SSSR count). The van der Waals surface area contributed by atoms with E-state index in [-0.39, 0.29) is 17.2 Å².